The van der Waals surface area contributed by atoms with Crippen LogP contribution in [0.5, 0.6) is 0 Å². The second-order valence-corrected chi connectivity index (χ2v) is 4.68. The summed E-state index contributed by atoms with van der Waals surface area (Å²) in [7, 11) is 1.95. The summed E-state index contributed by atoms with van der Waals surface area (Å²) in [4.78, 5) is 2.01. The first-order chi connectivity index (χ1) is 9.20. The lowest BCUT2D eigenvalue weighted by atomic mass is 10.1. The zero-order valence-electron chi connectivity index (χ0n) is 11.2. The highest BCUT2D eigenvalue weighted by Gasteiger charge is 2.07. The molecule has 0 saturated carbocycles. The van der Waals surface area contributed by atoms with E-state index >= 15 is 0 Å². The highest BCUT2D eigenvalue weighted by Crippen LogP contribution is 2.22. The zero-order chi connectivity index (χ0) is 13.7. The van der Waals surface area contributed by atoms with Gasteiger partial charge in [-0.2, -0.15) is 0 Å². The van der Waals surface area contributed by atoms with Gasteiger partial charge >= 0.3 is 0 Å². The number of benzene rings is 2. The molecule has 2 aromatic rings. The largest absolute Gasteiger partial charge is 0.390 e. The highest BCUT2D eigenvalue weighted by atomic mass is 16.3. The van der Waals surface area contributed by atoms with Crippen LogP contribution < -0.4 is 10.6 Å². The summed E-state index contributed by atoms with van der Waals surface area (Å²) < 4.78 is 0. The third-order valence-electron chi connectivity index (χ3n) is 3.17. The van der Waals surface area contributed by atoms with E-state index in [0.717, 1.165) is 5.69 Å². The van der Waals surface area contributed by atoms with Crippen molar-refractivity contribution >= 4 is 5.69 Å². The van der Waals surface area contributed by atoms with E-state index in [1.54, 1.807) is 0 Å². The second-order valence-electron chi connectivity index (χ2n) is 4.68. The maximum absolute atomic E-state index is 9.56. The van der Waals surface area contributed by atoms with Gasteiger partial charge in [0.2, 0.25) is 0 Å². The summed E-state index contributed by atoms with van der Waals surface area (Å²) in [5.41, 5.74) is 8.90. The number of likely N-dealkylation sites (N-methyl/N-ethyl adjacent to an activating group) is 1. The van der Waals surface area contributed by atoms with Crippen molar-refractivity contribution in [2.24, 2.45) is 5.73 Å². The molecule has 2 rings (SSSR count). The number of anilines is 1. The van der Waals surface area contributed by atoms with Gasteiger partial charge in [0.05, 0.1) is 6.10 Å². The minimum atomic E-state index is -0.487. The van der Waals surface area contributed by atoms with Crippen molar-refractivity contribution in [3.05, 3.63) is 54.6 Å². The number of hydrogen-bond acceptors (Lipinski definition) is 3. The van der Waals surface area contributed by atoms with Gasteiger partial charge in [-0.1, -0.05) is 42.5 Å². The maximum Gasteiger partial charge on any atom is 0.0836 e. The maximum atomic E-state index is 9.56. The number of aliphatic hydroxyl groups excluding tert-OH is 1. The first-order valence-electron chi connectivity index (χ1n) is 6.45. The molecule has 1 unspecified atom stereocenters. The van der Waals surface area contributed by atoms with Gasteiger partial charge in [-0.3, -0.25) is 0 Å². The molecule has 0 aliphatic heterocycles. The molecule has 1 atom stereocenters. The molecule has 19 heavy (non-hydrogen) atoms. The minimum Gasteiger partial charge on any atom is -0.390 e. The van der Waals surface area contributed by atoms with Gasteiger partial charge < -0.3 is 15.7 Å². The summed E-state index contributed by atoms with van der Waals surface area (Å²) in [5.74, 6) is 0. The summed E-state index contributed by atoms with van der Waals surface area (Å²) in [6, 6.07) is 18.6. The van der Waals surface area contributed by atoms with Crippen molar-refractivity contribution in [3.63, 3.8) is 0 Å². The normalized spacial score (nSPS) is 12.2. The fourth-order valence-electron chi connectivity index (χ4n) is 2.04. The van der Waals surface area contributed by atoms with E-state index in [2.05, 4.69) is 36.4 Å². The van der Waals surface area contributed by atoms with Crippen molar-refractivity contribution in [2.45, 2.75) is 6.10 Å². The molecule has 0 bridgehead atoms. The number of aliphatic hydroxyl groups is 1. The number of rotatable bonds is 5. The summed E-state index contributed by atoms with van der Waals surface area (Å²) in [6.07, 6.45) is -0.487. The Bertz CT molecular complexity index is 496. The minimum absolute atomic E-state index is 0.284. The molecule has 0 radical (unpaired) electrons. The molecule has 0 aliphatic rings. The van der Waals surface area contributed by atoms with Crippen molar-refractivity contribution in [1.29, 1.82) is 0 Å². The predicted molar refractivity (Wildman–Crippen MR) is 80.2 cm³/mol. The molecule has 0 fully saturated rings. The SMILES string of the molecule is CN(CC(O)CN)c1ccc(-c2ccccc2)cc1. The fraction of sp³-hybridized carbons (Fsp3) is 0.250. The fourth-order valence-corrected chi connectivity index (χ4v) is 2.04. The first kappa shape index (κ1) is 13.6. The van der Waals surface area contributed by atoms with Crippen LogP contribution in [0.1, 0.15) is 0 Å². The van der Waals surface area contributed by atoms with Gasteiger partial charge in [0.25, 0.3) is 0 Å². The number of hydrogen-bond donors (Lipinski definition) is 2. The van der Waals surface area contributed by atoms with Crippen LogP contribution in [0.4, 0.5) is 5.69 Å². The summed E-state index contributed by atoms with van der Waals surface area (Å²) >= 11 is 0. The van der Waals surface area contributed by atoms with E-state index in [1.165, 1.54) is 11.1 Å². The average Bonchev–Trinajstić information content (AvgIpc) is 2.48. The standard InChI is InChI=1S/C16H20N2O/c1-18(12-16(19)11-17)15-9-7-14(8-10-15)13-5-3-2-4-6-13/h2-10,16,19H,11-12,17H2,1H3. The zero-order valence-corrected chi connectivity index (χ0v) is 11.2. The van der Waals surface area contributed by atoms with Gasteiger partial charge in [-0.05, 0) is 23.3 Å². The third kappa shape index (κ3) is 3.56. The van der Waals surface area contributed by atoms with Crippen LogP contribution in [-0.4, -0.2) is 31.3 Å². The molecule has 0 spiro atoms. The Kier molecular flexibility index (Phi) is 4.55. The topological polar surface area (TPSA) is 49.5 Å². The van der Waals surface area contributed by atoms with Crippen molar-refractivity contribution in [1.82, 2.24) is 0 Å². The Balaban J connectivity index is 2.10. The van der Waals surface area contributed by atoms with E-state index in [1.807, 2.05) is 30.1 Å². The molecular weight excluding hydrogens is 236 g/mol. The van der Waals surface area contributed by atoms with Crippen LogP contribution in [0.2, 0.25) is 0 Å². The first-order valence-corrected chi connectivity index (χ1v) is 6.45. The van der Waals surface area contributed by atoms with Crippen LogP contribution in [0, 0.1) is 0 Å². The van der Waals surface area contributed by atoms with Crippen LogP contribution >= 0.6 is 0 Å². The second kappa shape index (κ2) is 6.36. The van der Waals surface area contributed by atoms with Gasteiger partial charge in [0, 0.05) is 25.8 Å². The van der Waals surface area contributed by atoms with Gasteiger partial charge in [-0.25, -0.2) is 0 Å². The molecule has 0 heterocycles. The van der Waals surface area contributed by atoms with E-state index in [-0.39, 0.29) is 6.54 Å². The van der Waals surface area contributed by atoms with Crippen LogP contribution in [0.25, 0.3) is 11.1 Å². The summed E-state index contributed by atoms with van der Waals surface area (Å²) in [6.45, 7) is 0.827. The third-order valence-corrected chi connectivity index (χ3v) is 3.17. The van der Waals surface area contributed by atoms with Crippen molar-refractivity contribution in [2.75, 3.05) is 25.0 Å². The monoisotopic (exact) mass is 256 g/mol. The highest BCUT2D eigenvalue weighted by molar-refractivity contribution is 5.66. The molecule has 3 N–H and O–H groups in total. The molecular formula is C16H20N2O. The molecule has 0 aliphatic carbocycles. The van der Waals surface area contributed by atoms with Crippen LogP contribution in [-0.2, 0) is 0 Å². The molecule has 3 nitrogen and oxygen atoms in total. The Hall–Kier alpha value is -1.84. The Morgan fingerprint density at radius 3 is 2.16 bits per heavy atom. The molecule has 0 amide bonds. The molecule has 2 aromatic carbocycles. The Morgan fingerprint density at radius 2 is 1.58 bits per heavy atom. The van der Waals surface area contributed by atoms with E-state index < -0.39 is 6.10 Å². The Morgan fingerprint density at radius 1 is 1.00 bits per heavy atom. The lowest BCUT2D eigenvalue weighted by molar-refractivity contribution is 0.189. The van der Waals surface area contributed by atoms with Crippen LogP contribution in [0.15, 0.2) is 54.6 Å². The molecule has 0 saturated heterocycles. The molecule has 0 aromatic heterocycles. The average molecular weight is 256 g/mol. The quantitative estimate of drug-likeness (QED) is 0.861. The molecule has 100 valence electrons. The lowest BCUT2D eigenvalue weighted by Crippen LogP contribution is -2.34. The number of nitrogens with two attached hydrogens (primary N) is 1. The predicted octanol–water partition coefficient (Wildman–Crippen LogP) is 2.11. The number of nitrogens with zero attached hydrogens (tertiary/aromatic N) is 1. The summed E-state index contributed by atoms with van der Waals surface area (Å²) in [5, 5.41) is 9.56. The Labute approximate surface area is 114 Å². The van der Waals surface area contributed by atoms with E-state index in [0.29, 0.717) is 6.54 Å². The van der Waals surface area contributed by atoms with Crippen molar-refractivity contribution < 1.29 is 5.11 Å². The smallest absolute Gasteiger partial charge is 0.0836 e. The van der Waals surface area contributed by atoms with Crippen LogP contribution in [0.3, 0.4) is 0 Å². The van der Waals surface area contributed by atoms with Crippen molar-refractivity contribution in [3.8, 4) is 11.1 Å². The van der Waals surface area contributed by atoms with E-state index in [4.69, 9.17) is 5.73 Å². The molecule has 3 heteroatoms. The van der Waals surface area contributed by atoms with Gasteiger partial charge in [0.15, 0.2) is 0 Å². The van der Waals surface area contributed by atoms with Gasteiger partial charge in [-0.15, -0.1) is 0 Å². The van der Waals surface area contributed by atoms with E-state index in [9.17, 15) is 5.11 Å². The van der Waals surface area contributed by atoms with Gasteiger partial charge in [0.1, 0.15) is 0 Å². The lowest BCUT2D eigenvalue weighted by Gasteiger charge is -2.22.